The number of rotatable bonds is 8. The smallest absolute Gasteiger partial charge is 0.335 e. The van der Waals surface area contributed by atoms with E-state index in [0.717, 1.165) is 0 Å². The normalized spacial score (nSPS) is 12.3. The fraction of sp³-hybridized carbons (Fsp3) is 0.500. The first kappa shape index (κ1) is 17.7. The van der Waals surface area contributed by atoms with E-state index >= 15 is 0 Å². The van der Waals surface area contributed by atoms with E-state index in [0.29, 0.717) is 10.2 Å². The third-order valence-electron chi connectivity index (χ3n) is 2.52. The Labute approximate surface area is 131 Å². The van der Waals surface area contributed by atoms with E-state index in [1.807, 2.05) is 13.8 Å². The van der Waals surface area contributed by atoms with Gasteiger partial charge in [-0.05, 0) is 41.9 Å². The van der Waals surface area contributed by atoms with E-state index in [2.05, 4.69) is 15.9 Å². The first-order valence-electron chi connectivity index (χ1n) is 6.38. The molecule has 0 aliphatic heterocycles. The van der Waals surface area contributed by atoms with Crippen LogP contribution in [-0.4, -0.2) is 48.7 Å². The molecule has 0 saturated carbocycles. The van der Waals surface area contributed by atoms with Crippen molar-refractivity contribution in [3.8, 4) is 11.5 Å². The molecule has 6 nitrogen and oxygen atoms in total. The predicted molar refractivity (Wildman–Crippen MR) is 80.2 cm³/mol. The summed E-state index contributed by atoms with van der Waals surface area (Å²) in [5.74, 6) is -0.448. The molecular weight excluding hydrogens is 344 g/mol. The molecule has 0 aliphatic carbocycles. The second kappa shape index (κ2) is 8.21. The van der Waals surface area contributed by atoms with E-state index < -0.39 is 12.1 Å². The number of carboxylic acid groups (broad SMARTS) is 1. The van der Waals surface area contributed by atoms with Gasteiger partial charge in [0.2, 0.25) is 0 Å². The van der Waals surface area contributed by atoms with Crippen LogP contribution in [0, 0.1) is 0 Å². The van der Waals surface area contributed by atoms with Gasteiger partial charge in [-0.15, -0.1) is 0 Å². The zero-order chi connectivity index (χ0) is 16.0. The molecule has 0 radical (unpaired) electrons. The average Bonchev–Trinajstić information content (AvgIpc) is 2.42. The van der Waals surface area contributed by atoms with Gasteiger partial charge in [-0.2, -0.15) is 0 Å². The average molecular weight is 363 g/mol. The molecule has 1 aromatic rings. The summed E-state index contributed by atoms with van der Waals surface area (Å²) in [5, 5.41) is 18.7. The molecule has 0 fully saturated rings. The number of benzene rings is 1. The number of carbonyl (C=O) groups is 1. The molecule has 0 heterocycles. The van der Waals surface area contributed by atoms with Crippen LogP contribution < -0.4 is 9.47 Å². The minimum absolute atomic E-state index is 0.00803. The molecule has 1 unspecified atom stereocenters. The van der Waals surface area contributed by atoms with Gasteiger partial charge in [0.1, 0.15) is 12.7 Å². The molecule has 0 saturated heterocycles. The highest BCUT2D eigenvalue weighted by Crippen LogP contribution is 2.36. The van der Waals surface area contributed by atoms with Crippen molar-refractivity contribution in [2.45, 2.75) is 26.1 Å². The molecule has 118 valence electrons. The third kappa shape index (κ3) is 5.53. The summed E-state index contributed by atoms with van der Waals surface area (Å²) < 4.78 is 16.3. The van der Waals surface area contributed by atoms with E-state index in [4.69, 9.17) is 19.3 Å². The Bertz CT molecular complexity index is 489. The lowest BCUT2D eigenvalue weighted by molar-refractivity contribution is -0.0127. The van der Waals surface area contributed by atoms with E-state index in [1.54, 1.807) is 0 Å². The lowest BCUT2D eigenvalue weighted by Crippen LogP contribution is -2.25. The van der Waals surface area contributed by atoms with Gasteiger partial charge in [0, 0.05) is 0 Å². The van der Waals surface area contributed by atoms with E-state index in [1.165, 1.54) is 19.2 Å². The van der Waals surface area contributed by atoms with Gasteiger partial charge >= 0.3 is 5.97 Å². The van der Waals surface area contributed by atoms with Crippen LogP contribution in [0.15, 0.2) is 16.6 Å². The first-order chi connectivity index (χ1) is 9.85. The van der Waals surface area contributed by atoms with Crippen molar-refractivity contribution in [3.63, 3.8) is 0 Å². The van der Waals surface area contributed by atoms with Crippen molar-refractivity contribution in [2.75, 3.05) is 20.3 Å². The molecular formula is C14H19BrO6. The summed E-state index contributed by atoms with van der Waals surface area (Å²) >= 11 is 3.24. The monoisotopic (exact) mass is 362 g/mol. The number of aromatic carboxylic acids is 1. The molecule has 1 rings (SSSR count). The van der Waals surface area contributed by atoms with Gasteiger partial charge in [-0.1, -0.05) is 0 Å². The summed E-state index contributed by atoms with van der Waals surface area (Å²) in [4.78, 5) is 11.0. The number of methoxy groups -OCH3 is 1. The molecule has 2 N–H and O–H groups in total. The number of hydrogen-bond acceptors (Lipinski definition) is 5. The molecule has 7 heteroatoms. The SMILES string of the molecule is COc1cc(C(=O)O)cc(Br)c1OCC(O)COC(C)C. The number of aliphatic hydroxyl groups excluding tert-OH is 1. The van der Waals surface area contributed by atoms with Gasteiger partial charge in [-0.25, -0.2) is 4.79 Å². The second-order valence-electron chi connectivity index (χ2n) is 4.64. The van der Waals surface area contributed by atoms with Crippen molar-refractivity contribution in [3.05, 3.63) is 22.2 Å². The van der Waals surface area contributed by atoms with Crippen molar-refractivity contribution >= 4 is 21.9 Å². The Morgan fingerprint density at radius 3 is 2.52 bits per heavy atom. The summed E-state index contributed by atoms with van der Waals surface area (Å²) in [6.07, 6.45) is -0.765. The van der Waals surface area contributed by atoms with Gasteiger partial charge in [0.25, 0.3) is 0 Å². The van der Waals surface area contributed by atoms with Crippen LogP contribution in [0.3, 0.4) is 0 Å². The van der Waals surface area contributed by atoms with E-state index in [9.17, 15) is 9.90 Å². The van der Waals surface area contributed by atoms with Gasteiger partial charge in [0.15, 0.2) is 11.5 Å². The first-order valence-corrected chi connectivity index (χ1v) is 7.17. The van der Waals surface area contributed by atoms with Crippen LogP contribution in [0.25, 0.3) is 0 Å². The third-order valence-corrected chi connectivity index (χ3v) is 3.11. The molecule has 1 aromatic carbocycles. The van der Waals surface area contributed by atoms with Crippen LogP contribution in [0.2, 0.25) is 0 Å². The van der Waals surface area contributed by atoms with Crippen molar-refractivity contribution < 1.29 is 29.2 Å². The number of halogens is 1. The molecule has 21 heavy (non-hydrogen) atoms. The molecule has 0 aliphatic rings. The number of hydrogen-bond donors (Lipinski definition) is 2. The van der Waals surface area contributed by atoms with Gasteiger partial charge in [-0.3, -0.25) is 0 Å². The predicted octanol–water partition coefficient (Wildman–Crippen LogP) is 2.32. The van der Waals surface area contributed by atoms with Crippen LogP contribution in [0.5, 0.6) is 11.5 Å². The van der Waals surface area contributed by atoms with Crippen LogP contribution >= 0.6 is 15.9 Å². The Hall–Kier alpha value is -1.31. The molecule has 0 aromatic heterocycles. The minimum atomic E-state index is -1.06. The van der Waals surface area contributed by atoms with Crippen LogP contribution in [-0.2, 0) is 4.74 Å². The largest absolute Gasteiger partial charge is 0.493 e. The Morgan fingerprint density at radius 1 is 1.33 bits per heavy atom. The van der Waals surface area contributed by atoms with Crippen molar-refractivity contribution in [1.29, 1.82) is 0 Å². The van der Waals surface area contributed by atoms with E-state index in [-0.39, 0.29) is 30.6 Å². The van der Waals surface area contributed by atoms with Crippen molar-refractivity contribution in [2.24, 2.45) is 0 Å². The highest BCUT2D eigenvalue weighted by atomic mass is 79.9. The summed E-state index contributed by atoms with van der Waals surface area (Å²) in [7, 11) is 1.42. The lowest BCUT2D eigenvalue weighted by atomic mass is 10.2. The maximum absolute atomic E-state index is 11.0. The summed E-state index contributed by atoms with van der Waals surface area (Å²) in [6, 6.07) is 2.77. The number of carboxylic acids is 1. The Kier molecular flexibility index (Phi) is 6.94. The maximum Gasteiger partial charge on any atom is 0.335 e. The van der Waals surface area contributed by atoms with Crippen molar-refractivity contribution in [1.82, 2.24) is 0 Å². The number of aliphatic hydroxyl groups is 1. The zero-order valence-electron chi connectivity index (χ0n) is 12.1. The number of ether oxygens (including phenoxy) is 3. The van der Waals surface area contributed by atoms with Crippen LogP contribution in [0.4, 0.5) is 0 Å². The Morgan fingerprint density at radius 2 is 2.00 bits per heavy atom. The lowest BCUT2D eigenvalue weighted by Gasteiger charge is -2.17. The Balaban J connectivity index is 2.76. The van der Waals surface area contributed by atoms with Crippen LogP contribution in [0.1, 0.15) is 24.2 Å². The second-order valence-corrected chi connectivity index (χ2v) is 5.50. The van der Waals surface area contributed by atoms with Gasteiger partial charge in [0.05, 0.1) is 29.9 Å². The molecule has 1 atom stereocenters. The summed E-state index contributed by atoms with van der Waals surface area (Å²) in [5.41, 5.74) is 0.0785. The molecule has 0 spiro atoms. The maximum atomic E-state index is 11.0. The zero-order valence-corrected chi connectivity index (χ0v) is 13.7. The quantitative estimate of drug-likeness (QED) is 0.737. The minimum Gasteiger partial charge on any atom is -0.493 e. The topological polar surface area (TPSA) is 85.2 Å². The fourth-order valence-corrected chi connectivity index (χ4v) is 2.07. The highest BCUT2D eigenvalue weighted by molar-refractivity contribution is 9.10. The molecule has 0 amide bonds. The summed E-state index contributed by atoms with van der Waals surface area (Å²) in [6.45, 7) is 3.91. The van der Waals surface area contributed by atoms with Gasteiger partial charge < -0.3 is 24.4 Å². The highest BCUT2D eigenvalue weighted by Gasteiger charge is 2.16. The standard InChI is InChI=1S/C14H19BrO6/c1-8(2)20-6-10(16)7-21-13-11(15)4-9(14(17)18)5-12(13)19-3/h4-5,8,10,16H,6-7H2,1-3H3,(H,17,18). The fourth-order valence-electron chi connectivity index (χ4n) is 1.51. The molecule has 0 bridgehead atoms.